The maximum Gasteiger partial charge on any atom is 0.192 e. The smallest absolute Gasteiger partial charge is 0.192 e. The van der Waals surface area contributed by atoms with Gasteiger partial charge in [-0.2, -0.15) is 0 Å². The van der Waals surface area contributed by atoms with Crippen molar-refractivity contribution in [1.29, 1.82) is 0 Å². The second-order valence-electron chi connectivity index (χ2n) is 5.00. The Labute approximate surface area is 130 Å². The lowest BCUT2D eigenvalue weighted by Crippen LogP contribution is -2.13. The number of carbonyl (C=O) groups is 1. The Hall–Kier alpha value is -1.62. The fourth-order valence-corrected chi connectivity index (χ4v) is 3.22. The highest BCUT2D eigenvalue weighted by Crippen LogP contribution is 2.27. The highest BCUT2D eigenvalue weighted by molar-refractivity contribution is 8.00. The Balaban J connectivity index is 2.32. The predicted molar refractivity (Wildman–Crippen MR) is 86.5 cm³/mol. The molecule has 0 radical (unpaired) electrons. The van der Waals surface area contributed by atoms with Gasteiger partial charge in [0.15, 0.2) is 11.0 Å². The Bertz CT molecular complexity index is 636. The monoisotopic (exact) mass is 303 g/mol. The fourth-order valence-electron chi connectivity index (χ4n) is 2.17. The number of aryl methyl sites for hydroxylation is 1. The lowest BCUT2D eigenvalue weighted by molar-refractivity contribution is -0.118. The van der Waals surface area contributed by atoms with Crippen LogP contribution in [-0.2, 0) is 11.3 Å². The lowest BCUT2D eigenvalue weighted by atomic mass is 10.1. The van der Waals surface area contributed by atoms with Crippen LogP contribution in [0.15, 0.2) is 29.4 Å². The molecular formula is C16H21N3OS. The van der Waals surface area contributed by atoms with Crippen LogP contribution in [0.4, 0.5) is 0 Å². The van der Waals surface area contributed by atoms with Gasteiger partial charge >= 0.3 is 0 Å². The average Bonchev–Trinajstić information content (AvgIpc) is 2.88. The van der Waals surface area contributed by atoms with Crippen molar-refractivity contribution >= 4 is 17.5 Å². The van der Waals surface area contributed by atoms with Crippen LogP contribution in [0, 0.1) is 6.92 Å². The van der Waals surface area contributed by atoms with E-state index < -0.39 is 0 Å². The molecule has 1 heterocycles. The summed E-state index contributed by atoms with van der Waals surface area (Å²) in [5, 5.41) is 9.31. The molecule has 5 heteroatoms. The summed E-state index contributed by atoms with van der Waals surface area (Å²) in [6.45, 7) is 8.73. The summed E-state index contributed by atoms with van der Waals surface area (Å²) in [7, 11) is 0. The van der Waals surface area contributed by atoms with Crippen LogP contribution in [0.25, 0.3) is 11.4 Å². The quantitative estimate of drug-likeness (QED) is 0.763. The number of carbonyl (C=O) groups excluding carboxylic acids is 1. The zero-order chi connectivity index (χ0) is 15.4. The van der Waals surface area contributed by atoms with Gasteiger partial charge in [-0.3, -0.25) is 4.79 Å². The third-order valence-electron chi connectivity index (χ3n) is 3.39. The second-order valence-corrected chi connectivity index (χ2v) is 6.31. The van der Waals surface area contributed by atoms with Crippen molar-refractivity contribution < 1.29 is 4.79 Å². The Morgan fingerprint density at radius 3 is 2.71 bits per heavy atom. The van der Waals surface area contributed by atoms with E-state index in [9.17, 15) is 4.79 Å². The number of nitrogens with zero attached hydrogens (tertiary/aromatic N) is 3. The molecule has 2 aromatic rings. The minimum absolute atomic E-state index is 0.0881. The predicted octanol–water partition coefficient (Wildman–Crippen LogP) is 3.73. The third-order valence-corrected chi connectivity index (χ3v) is 4.52. The van der Waals surface area contributed by atoms with Crippen LogP contribution in [0.3, 0.4) is 0 Å². The van der Waals surface area contributed by atoms with E-state index in [1.807, 2.05) is 26.0 Å². The number of Topliss-reactive ketones (excluding diaryl/α,β-unsaturated/α-hetero) is 1. The standard InChI is InChI=1S/C16H21N3OS/c1-5-14(20)12(4)21-16-18-17-15(19(16)6-2)13-9-7-8-11(3)10-13/h7-10,12H,5-6H2,1-4H3. The number of hydrogen-bond acceptors (Lipinski definition) is 4. The first-order valence-corrected chi connectivity index (χ1v) is 8.14. The van der Waals surface area contributed by atoms with E-state index >= 15 is 0 Å². The van der Waals surface area contributed by atoms with Crippen LogP contribution in [0.2, 0.25) is 0 Å². The van der Waals surface area contributed by atoms with Crippen molar-refractivity contribution in [3.63, 3.8) is 0 Å². The largest absolute Gasteiger partial charge is 0.302 e. The van der Waals surface area contributed by atoms with Crippen molar-refractivity contribution in [1.82, 2.24) is 14.8 Å². The average molecular weight is 303 g/mol. The van der Waals surface area contributed by atoms with Crippen LogP contribution in [0.1, 0.15) is 32.8 Å². The number of hydrogen-bond donors (Lipinski definition) is 0. The zero-order valence-electron chi connectivity index (χ0n) is 13.0. The summed E-state index contributed by atoms with van der Waals surface area (Å²) in [6.07, 6.45) is 0.555. The summed E-state index contributed by atoms with van der Waals surface area (Å²) in [6, 6.07) is 8.23. The van der Waals surface area contributed by atoms with E-state index in [1.54, 1.807) is 0 Å². The van der Waals surface area contributed by atoms with Gasteiger partial charge in [0.25, 0.3) is 0 Å². The van der Waals surface area contributed by atoms with Gasteiger partial charge in [0.2, 0.25) is 0 Å². The number of aromatic nitrogens is 3. The number of ketones is 1. The van der Waals surface area contributed by atoms with Crippen LogP contribution in [0.5, 0.6) is 0 Å². The maximum atomic E-state index is 11.8. The third kappa shape index (κ3) is 3.53. The van der Waals surface area contributed by atoms with E-state index in [0.29, 0.717) is 6.42 Å². The molecule has 0 N–H and O–H groups in total. The molecule has 1 aromatic heterocycles. The minimum atomic E-state index is -0.0881. The first kappa shape index (κ1) is 15.8. The lowest BCUT2D eigenvalue weighted by Gasteiger charge is -2.10. The molecular weight excluding hydrogens is 282 g/mol. The van der Waals surface area contributed by atoms with Gasteiger partial charge in [-0.15, -0.1) is 10.2 Å². The maximum absolute atomic E-state index is 11.8. The van der Waals surface area contributed by atoms with Crippen LogP contribution in [-0.4, -0.2) is 25.8 Å². The highest BCUT2D eigenvalue weighted by Gasteiger charge is 2.19. The van der Waals surface area contributed by atoms with E-state index in [0.717, 1.165) is 23.1 Å². The summed E-state index contributed by atoms with van der Waals surface area (Å²) in [5.74, 6) is 1.10. The first-order chi connectivity index (χ1) is 10.1. The molecule has 4 nitrogen and oxygen atoms in total. The molecule has 0 fully saturated rings. The minimum Gasteiger partial charge on any atom is -0.302 e. The van der Waals surface area contributed by atoms with Gasteiger partial charge in [-0.25, -0.2) is 0 Å². The topological polar surface area (TPSA) is 47.8 Å². The van der Waals surface area contributed by atoms with Crippen molar-refractivity contribution in [2.45, 2.75) is 51.1 Å². The highest BCUT2D eigenvalue weighted by atomic mass is 32.2. The van der Waals surface area contributed by atoms with Gasteiger partial charge in [0.1, 0.15) is 5.78 Å². The molecule has 1 aromatic carbocycles. The second kappa shape index (κ2) is 6.89. The van der Waals surface area contributed by atoms with Crippen LogP contribution >= 0.6 is 11.8 Å². The van der Waals surface area contributed by atoms with Gasteiger partial charge in [-0.05, 0) is 26.8 Å². The summed E-state index contributed by atoms with van der Waals surface area (Å²) < 4.78 is 2.07. The SMILES string of the molecule is CCC(=O)C(C)Sc1nnc(-c2cccc(C)c2)n1CC. The van der Waals surface area contributed by atoms with Gasteiger partial charge in [-0.1, -0.05) is 42.4 Å². The zero-order valence-corrected chi connectivity index (χ0v) is 13.8. The Morgan fingerprint density at radius 1 is 1.33 bits per heavy atom. The molecule has 0 spiro atoms. The van der Waals surface area contributed by atoms with E-state index in [4.69, 9.17) is 0 Å². The number of benzene rings is 1. The van der Waals surface area contributed by atoms with Crippen molar-refractivity contribution in [2.75, 3.05) is 0 Å². The molecule has 0 saturated heterocycles. The molecule has 0 aliphatic heterocycles. The van der Waals surface area contributed by atoms with E-state index in [-0.39, 0.29) is 11.0 Å². The molecule has 112 valence electrons. The van der Waals surface area contributed by atoms with Crippen molar-refractivity contribution in [3.8, 4) is 11.4 Å². The molecule has 0 bridgehead atoms. The fraction of sp³-hybridized carbons (Fsp3) is 0.438. The molecule has 0 amide bonds. The molecule has 0 aliphatic carbocycles. The Morgan fingerprint density at radius 2 is 2.10 bits per heavy atom. The Kier molecular flexibility index (Phi) is 5.17. The van der Waals surface area contributed by atoms with Gasteiger partial charge < -0.3 is 4.57 Å². The van der Waals surface area contributed by atoms with Crippen LogP contribution < -0.4 is 0 Å². The summed E-state index contributed by atoms with van der Waals surface area (Å²) in [4.78, 5) is 11.8. The van der Waals surface area contributed by atoms with E-state index in [1.165, 1.54) is 17.3 Å². The molecule has 1 unspecified atom stereocenters. The number of thioether (sulfide) groups is 1. The summed E-state index contributed by atoms with van der Waals surface area (Å²) >= 11 is 1.49. The molecule has 21 heavy (non-hydrogen) atoms. The first-order valence-electron chi connectivity index (χ1n) is 7.26. The molecule has 0 aliphatic rings. The summed E-state index contributed by atoms with van der Waals surface area (Å²) in [5.41, 5.74) is 2.26. The van der Waals surface area contributed by atoms with Crippen molar-refractivity contribution in [3.05, 3.63) is 29.8 Å². The van der Waals surface area contributed by atoms with E-state index in [2.05, 4.69) is 40.7 Å². The normalized spacial score (nSPS) is 12.4. The molecule has 0 saturated carbocycles. The van der Waals surface area contributed by atoms with Crippen molar-refractivity contribution in [2.24, 2.45) is 0 Å². The van der Waals surface area contributed by atoms with Gasteiger partial charge in [0.05, 0.1) is 5.25 Å². The molecule has 2 rings (SSSR count). The number of rotatable bonds is 6. The van der Waals surface area contributed by atoms with Gasteiger partial charge in [0, 0.05) is 18.5 Å². The molecule has 1 atom stereocenters.